The summed E-state index contributed by atoms with van der Waals surface area (Å²) in [5.41, 5.74) is -0.861. The molecule has 1 N–H and O–H groups in total. The summed E-state index contributed by atoms with van der Waals surface area (Å²) < 4.78 is 10.7. The van der Waals surface area contributed by atoms with Crippen molar-refractivity contribution in [3.63, 3.8) is 0 Å². The monoisotopic (exact) mass is 252 g/mol. The van der Waals surface area contributed by atoms with Crippen LogP contribution in [0.15, 0.2) is 36.3 Å². The number of unbranched alkanes of at least 4 members (excludes halogenated alkanes) is 1. The summed E-state index contributed by atoms with van der Waals surface area (Å²) in [5.74, 6) is 1.40. The van der Waals surface area contributed by atoms with E-state index in [0.29, 0.717) is 12.2 Å². The average molecular weight is 252 g/mol. The van der Waals surface area contributed by atoms with Gasteiger partial charge in [0, 0.05) is 6.42 Å². The second kappa shape index (κ2) is 7.27. The van der Waals surface area contributed by atoms with Crippen molar-refractivity contribution in [3.8, 4) is 0 Å². The van der Waals surface area contributed by atoms with Gasteiger partial charge in [-0.2, -0.15) is 0 Å². The van der Waals surface area contributed by atoms with Gasteiger partial charge < -0.3 is 14.6 Å². The molecule has 0 spiro atoms. The zero-order valence-electron chi connectivity index (χ0n) is 11.4. The first-order valence-electron chi connectivity index (χ1n) is 6.49. The third kappa shape index (κ3) is 3.64. The zero-order chi connectivity index (χ0) is 13.4. The standard InChI is InChI=1S/C15H24O3/c1-4-5-6-7-8-11-15(16)12-9-10-13(17-2)14(15)18-3/h4-6,16H,1,7-12H2,2-3H3/b6-5+. The van der Waals surface area contributed by atoms with E-state index in [9.17, 15) is 5.11 Å². The maximum atomic E-state index is 10.7. The van der Waals surface area contributed by atoms with Crippen molar-refractivity contribution in [1.29, 1.82) is 0 Å². The van der Waals surface area contributed by atoms with Crippen molar-refractivity contribution in [3.05, 3.63) is 36.3 Å². The van der Waals surface area contributed by atoms with E-state index in [-0.39, 0.29) is 0 Å². The van der Waals surface area contributed by atoms with Crippen LogP contribution in [0, 0.1) is 0 Å². The molecule has 0 aromatic carbocycles. The van der Waals surface area contributed by atoms with E-state index in [4.69, 9.17) is 9.47 Å². The van der Waals surface area contributed by atoms with Gasteiger partial charge in [0.15, 0.2) is 5.76 Å². The fourth-order valence-corrected chi connectivity index (χ4v) is 2.47. The average Bonchev–Trinajstić information content (AvgIpc) is 2.38. The van der Waals surface area contributed by atoms with Gasteiger partial charge in [-0.25, -0.2) is 0 Å². The van der Waals surface area contributed by atoms with Gasteiger partial charge in [-0.05, 0) is 32.1 Å². The van der Waals surface area contributed by atoms with Gasteiger partial charge in [0.2, 0.25) is 0 Å². The lowest BCUT2D eigenvalue weighted by Gasteiger charge is -2.34. The van der Waals surface area contributed by atoms with Crippen LogP contribution in [0.4, 0.5) is 0 Å². The fourth-order valence-electron chi connectivity index (χ4n) is 2.47. The summed E-state index contributed by atoms with van der Waals surface area (Å²) >= 11 is 0. The Morgan fingerprint density at radius 2 is 2.17 bits per heavy atom. The Morgan fingerprint density at radius 1 is 1.39 bits per heavy atom. The van der Waals surface area contributed by atoms with Crippen LogP contribution in [0.1, 0.15) is 38.5 Å². The largest absolute Gasteiger partial charge is 0.497 e. The van der Waals surface area contributed by atoms with Gasteiger partial charge in [0.25, 0.3) is 0 Å². The van der Waals surface area contributed by atoms with Gasteiger partial charge in [0.05, 0.1) is 14.2 Å². The lowest BCUT2D eigenvalue weighted by Crippen LogP contribution is -2.36. The van der Waals surface area contributed by atoms with E-state index < -0.39 is 5.60 Å². The number of hydrogen-bond acceptors (Lipinski definition) is 3. The van der Waals surface area contributed by atoms with Crippen LogP contribution in [0.5, 0.6) is 0 Å². The quantitative estimate of drug-likeness (QED) is 0.558. The molecule has 0 fully saturated rings. The van der Waals surface area contributed by atoms with E-state index >= 15 is 0 Å². The predicted octanol–water partition coefficient (Wildman–Crippen LogP) is 3.32. The number of methoxy groups -OCH3 is 2. The molecule has 1 atom stereocenters. The second-order valence-electron chi connectivity index (χ2n) is 4.60. The first-order valence-corrected chi connectivity index (χ1v) is 6.49. The van der Waals surface area contributed by atoms with Crippen molar-refractivity contribution in [2.24, 2.45) is 0 Å². The molecule has 102 valence electrons. The molecule has 3 heteroatoms. The lowest BCUT2D eigenvalue weighted by molar-refractivity contribution is -0.0151. The molecule has 0 saturated carbocycles. The van der Waals surface area contributed by atoms with Crippen LogP contribution in [-0.4, -0.2) is 24.9 Å². The molecule has 1 aliphatic carbocycles. The van der Waals surface area contributed by atoms with E-state index in [1.165, 1.54) is 0 Å². The number of aliphatic hydroxyl groups is 1. The topological polar surface area (TPSA) is 38.7 Å². The van der Waals surface area contributed by atoms with E-state index in [1.807, 2.05) is 6.08 Å². The Bertz CT molecular complexity index is 331. The third-order valence-electron chi connectivity index (χ3n) is 3.35. The van der Waals surface area contributed by atoms with Crippen LogP contribution in [0.3, 0.4) is 0 Å². The Labute approximate surface area is 110 Å². The van der Waals surface area contributed by atoms with Crippen molar-refractivity contribution in [2.75, 3.05) is 14.2 Å². The first-order chi connectivity index (χ1) is 8.68. The van der Waals surface area contributed by atoms with Crippen molar-refractivity contribution < 1.29 is 14.6 Å². The predicted molar refractivity (Wildman–Crippen MR) is 73.0 cm³/mol. The third-order valence-corrected chi connectivity index (χ3v) is 3.35. The second-order valence-corrected chi connectivity index (χ2v) is 4.60. The maximum absolute atomic E-state index is 10.7. The SMILES string of the molecule is C=C/C=C/CCCC1(O)CCCC(OC)=C1OC. The molecule has 3 nitrogen and oxygen atoms in total. The van der Waals surface area contributed by atoms with E-state index in [1.54, 1.807) is 20.3 Å². The summed E-state index contributed by atoms with van der Waals surface area (Å²) in [6.45, 7) is 3.63. The van der Waals surface area contributed by atoms with Crippen molar-refractivity contribution >= 4 is 0 Å². The molecular formula is C15H24O3. The minimum Gasteiger partial charge on any atom is -0.497 e. The number of hydrogen-bond donors (Lipinski definition) is 1. The summed E-state index contributed by atoms with van der Waals surface area (Å²) in [4.78, 5) is 0. The van der Waals surface area contributed by atoms with Crippen LogP contribution in [-0.2, 0) is 9.47 Å². The van der Waals surface area contributed by atoms with Crippen LogP contribution in [0.2, 0.25) is 0 Å². The Hall–Kier alpha value is -1.22. The molecular weight excluding hydrogens is 228 g/mol. The minimum atomic E-state index is -0.861. The number of allylic oxidation sites excluding steroid dienone is 4. The van der Waals surface area contributed by atoms with Gasteiger partial charge in [0.1, 0.15) is 11.4 Å². The lowest BCUT2D eigenvalue weighted by atomic mass is 9.83. The molecule has 0 aromatic rings. The molecule has 0 saturated heterocycles. The van der Waals surface area contributed by atoms with E-state index in [0.717, 1.165) is 37.9 Å². The number of ether oxygens (including phenoxy) is 2. The molecule has 0 aromatic heterocycles. The minimum absolute atomic E-state index is 0.615. The first kappa shape index (κ1) is 14.8. The van der Waals surface area contributed by atoms with Crippen LogP contribution < -0.4 is 0 Å². The highest BCUT2D eigenvalue weighted by Gasteiger charge is 2.38. The normalized spacial score (nSPS) is 24.4. The smallest absolute Gasteiger partial charge is 0.165 e. The highest BCUT2D eigenvalue weighted by molar-refractivity contribution is 5.18. The molecule has 0 heterocycles. The molecule has 1 aliphatic rings. The highest BCUT2D eigenvalue weighted by Crippen LogP contribution is 2.37. The van der Waals surface area contributed by atoms with Gasteiger partial charge in [-0.15, -0.1) is 0 Å². The molecule has 0 amide bonds. The van der Waals surface area contributed by atoms with Gasteiger partial charge in [-0.1, -0.05) is 24.8 Å². The Kier molecular flexibility index (Phi) is 5.99. The fraction of sp³-hybridized carbons (Fsp3) is 0.600. The van der Waals surface area contributed by atoms with Crippen molar-refractivity contribution in [2.45, 2.75) is 44.1 Å². The zero-order valence-corrected chi connectivity index (χ0v) is 11.4. The molecule has 1 rings (SSSR count). The molecule has 0 radical (unpaired) electrons. The highest BCUT2D eigenvalue weighted by atomic mass is 16.5. The molecule has 18 heavy (non-hydrogen) atoms. The summed E-state index contributed by atoms with van der Waals surface area (Å²) in [6.07, 6.45) is 10.8. The molecule has 1 unspecified atom stereocenters. The Morgan fingerprint density at radius 3 is 2.78 bits per heavy atom. The van der Waals surface area contributed by atoms with Gasteiger partial charge in [-0.3, -0.25) is 0 Å². The maximum Gasteiger partial charge on any atom is 0.165 e. The molecule has 0 aliphatic heterocycles. The van der Waals surface area contributed by atoms with Gasteiger partial charge >= 0.3 is 0 Å². The summed E-state index contributed by atoms with van der Waals surface area (Å²) in [6, 6.07) is 0. The Balaban J connectivity index is 2.65. The van der Waals surface area contributed by atoms with Crippen LogP contribution >= 0.6 is 0 Å². The van der Waals surface area contributed by atoms with E-state index in [2.05, 4.69) is 12.7 Å². The molecule has 0 bridgehead atoms. The van der Waals surface area contributed by atoms with Crippen molar-refractivity contribution in [1.82, 2.24) is 0 Å². The summed E-state index contributed by atoms with van der Waals surface area (Å²) in [7, 11) is 3.23. The number of rotatable bonds is 7. The summed E-state index contributed by atoms with van der Waals surface area (Å²) in [5, 5.41) is 10.7. The van der Waals surface area contributed by atoms with Crippen LogP contribution in [0.25, 0.3) is 0 Å².